The Kier molecular flexibility index (Phi) is 50.0. The van der Waals surface area contributed by atoms with Crippen LogP contribution in [0.4, 0.5) is 0 Å². The average Bonchev–Trinajstić information content (AvgIpc) is 3.28. The third kappa shape index (κ3) is 46.7. The lowest BCUT2D eigenvalue weighted by Gasteiger charge is -2.24. The number of carbonyl (C=O) groups is 2. The van der Waals surface area contributed by atoms with Crippen molar-refractivity contribution in [3.05, 3.63) is 24.3 Å². The Morgan fingerprint density at radius 1 is 0.460 bits per heavy atom. The van der Waals surface area contributed by atoms with Gasteiger partial charge in [-0.1, -0.05) is 270 Å². The average molecular weight is 889 g/mol. The first-order valence-electron chi connectivity index (χ1n) is 28.1. The molecule has 0 rings (SSSR count). The number of carbonyl (C=O) groups excluding carboxylic acids is 2. The summed E-state index contributed by atoms with van der Waals surface area (Å²) in [6.45, 7) is 6.50. The number of allylic oxidation sites excluding steroid dienone is 4. The van der Waals surface area contributed by atoms with Crippen LogP contribution in [0.3, 0.4) is 0 Å². The van der Waals surface area contributed by atoms with Gasteiger partial charge in [0.1, 0.15) is 6.10 Å². The Bertz CT molecular complexity index is 997. The van der Waals surface area contributed by atoms with E-state index in [1.165, 1.54) is 212 Å². The molecule has 0 bridgehead atoms. The topological polar surface area (TPSA) is 95.9 Å². The van der Waals surface area contributed by atoms with E-state index in [2.05, 4.69) is 50.4 Å². The minimum absolute atomic E-state index is 0.0613. The van der Waals surface area contributed by atoms with Gasteiger partial charge in [-0.25, -0.2) is 0 Å². The van der Waals surface area contributed by atoms with Gasteiger partial charge in [-0.3, -0.25) is 9.59 Å². The minimum Gasteiger partial charge on any atom is -0.462 e. The summed E-state index contributed by atoms with van der Waals surface area (Å²) in [4.78, 5) is 26.2. The molecule has 6 nitrogen and oxygen atoms in total. The van der Waals surface area contributed by atoms with Crippen molar-refractivity contribution in [1.29, 1.82) is 0 Å². The molecule has 0 aliphatic rings. The molecule has 63 heavy (non-hydrogen) atoms. The van der Waals surface area contributed by atoms with E-state index in [1.807, 2.05) is 0 Å². The quantitative estimate of drug-likeness (QED) is 0.0321. The second kappa shape index (κ2) is 51.3. The zero-order valence-corrected chi connectivity index (χ0v) is 42.5. The number of aliphatic hydroxyl groups excluding tert-OH is 2. The molecule has 0 saturated heterocycles. The molecule has 0 aliphatic heterocycles. The molecular formula is C57H109NO5. The molecule has 3 unspecified atom stereocenters. The third-order valence-electron chi connectivity index (χ3n) is 13.0. The van der Waals surface area contributed by atoms with Gasteiger partial charge in [-0.15, -0.1) is 0 Å². The van der Waals surface area contributed by atoms with Crippen molar-refractivity contribution >= 4 is 11.9 Å². The van der Waals surface area contributed by atoms with Crippen molar-refractivity contribution in [1.82, 2.24) is 5.32 Å². The summed E-state index contributed by atoms with van der Waals surface area (Å²) < 4.78 is 5.91. The van der Waals surface area contributed by atoms with Crippen molar-refractivity contribution in [2.45, 2.75) is 322 Å². The Balaban J connectivity index is 4.53. The Labute approximate surface area is 392 Å². The van der Waals surface area contributed by atoms with Crippen LogP contribution in [0.1, 0.15) is 303 Å². The van der Waals surface area contributed by atoms with Crippen LogP contribution in [0, 0.1) is 0 Å². The fourth-order valence-electron chi connectivity index (χ4n) is 8.78. The molecule has 6 heteroatoms. The van der Waals surface area contributed by atoms with Crippen molar-refractivity contribution in [3.8, 4) is 0 Å². The molecule has 0 heterocycles. The number of hydrogen-bond acceptors (Lipinski definition) is 5. The lowest BCUT2D eigenvalue weighted by molar-refractivity contribution is -0.150. The van der Waals surface area contributed by atoms with Crippen LogP contribution in [0.2, 0.25) is 0 Å². The molecule has 0 aromatic heterocycles. The van der Waals surface area contributed by atoms with Crippen molar-refractivity contribution in [2.24, 2.45) is 0 Å². The van der Waals surface area contributed by atoms with Crippen molar-refractivity contribution in [3.63, 3.8) is 0 Å². The smallest absolute Gasteiger partial charge is 0.306 e. The number of nitrogens with one attached hydrogen (secondary N) is 1. The fraction of sp³-hybridized carbons (Fsp3) is 0.895. The largest absolute Gasteiger partial charge is 0.462 e. The summed E-state index contributed by atoms with van der Waals surface area (Å²) in [6.07, 6.45) is 59.7. The molecule has 0 aliphatic carbocycles. The first kappa shape index (κ1) is 61.3. The van der Waals surface area contributed by atoms with E-state index in [-0.39, 0.29) is 24.9 Å². The van der Waals surface area contributed by atoms with Gasteiger partial charge in [0.2, 0.25) is 5.91 Å². The molecule has 0 fully saturated rings. The van der Waals surface area contributed by atoms with Crippen molar-refractivity contribution < 1.29 is 24.5 Å². The number of hydrogen-bond donors (Lipinski definition) is 3. The van der Waals surface area contributed by atoms with Gasteiger partial charge < -0.3 is 20.3 Å². The fourth-order valence-corrected chi connectivity index (χ4v) is 8.78. The van der Waals surface area contributed by atoms with Gasteiger partial charge in [0, 0.05) is 6.42 Å². The van der Waals surface area contributed by atoms with Gasteiger partial charge >= 0.3 is 5.97 Å². The number of esters is 1. The van der Waals surface area contributed by atoms with Gasteiger partial charge in [0.15, 0.2) is 0 Å². The predicted molar refractivity (Wildman–Crippen MR) is 273 cm³/mol. The molecule has 0 aromatic rings. The van der Waals surface area contributed by atoms with Crippen LogP contribution in [-0.4, -0.2) is 46.9 Å². The third-order valence-corrected chi connectivity index (χ3v) is 13.0. The maximum atomic E-state index is 13.2. The van der Waals surface area contributed by atoms with E-state index < -0.39 is 18.2 Å². The van der Waals surface area contributed by atoms with Crippen LogP contribution < -0.4 is 5.32 Å². The van der Waals surface area contributed by atoms with E-state index in [0.29, 0.717) is 25.7 Å². The Hall–Kier alpha value is -1.66. The predicted octanol–water partition coefficient (Wildman–Crippen LogP) is 17.1. The molecule has 0 aromatic carbocycles. The van der Waals surface area contributed by atoms with Crippen molar-refractivity contribution in [2.75, 3.05) is 6.61 Å². The lowest BCUT2D eigenvalue weighted by atomic mass is 10.0. The highest BCUT2D eigenvalue weighted by Gasteiger charge is 2.24. The molecule has 3 atom stereocenters. The number of unbranched alkanes of at least 4 members (excludes halogenated alkanes) is 35. The number of amides is 1. The SMILES string of the molecule is CCCCCCCC/C=C\C/C=C/CCC(=O)OC(CCCCCCCCCCCCCCCC)CC(=O)NC(CO)C(O)CCCCCCCCCCCCCCCCCCC. The summed E-state index contributed by atoms with van der Waals surface area (Å²) >= 11 is 0. The first-order valence-corrected chi connectivity index (χ1v) is 28.1. The molecule has 1 amide bonds. The standard InChI is InChI=1S/C57H109NO5/c1-4-7-10-13-16-19-22-25-27-28-29-32-34-37-40-43-46-49-55(60)54(52-59)58-56(61)51-53(48-45-42-39-36-33-31-26-23-20-17-14-11-8-5-2)63-57(62)50-47-44-41-38-35-30-24-21-18-15-12-9-6-3/h30,35,41,44,53-55,59-60H,4-29,31-34,36-40,42-43,45-52H2,1-3H3,(H,58,61)/b35-30-,44-41+. The Morgan fingerprint density at radius 2 is 0.810 bits per heavy atom. The molecule has 0 saturated carbocycles. The van der Waals surface area contributed by atoms with Gasteiger partial charge in [0.05, 0.1) is 25.2 Å². The summed E-state index contributed by atoms with van der Waals surface area (Å²) in [5.74, 6) is -0.537. The maximum Gasteiger partial charge on any atom is 0.306 e. The van der Waals surface area contributed by atoms with E-state index in [1.54, 1.807) is 0 Å². The minimum atomic E-state index is -0.792. The maximum absolute atomic E-state index is 13.2. The summed E-state index contributed by atoms with van der Waals surface area (Å²) in [6, 6.07) is -0.707. The highest BCUT2D eigenvalue weighted by molar-refractivity contribution is 5.77. The zero-order chi connectivity index (χ0) is 45.9. The van der Waals surface area contributed by atoms with E-state index in [0.717, 1.165) is 38.5 Å². The van der Waals surface area contributed by atoms with E-state index in [4.69, 9.17) is 4.74 Å². The highest BCUT2D eigenvalue weighted by atomic mass is 16.5. The summed E-state index contributed by atoms with van der Waals surface area (Å²) in [5.41, 5.74) is 0. The normalized spacial score (nSPS) is 13.3. The van der Waals surface area contributed by atoms with Gasteiger partial charge in [0.25, 0.3) is 0 Å². The number of aliphatic hydroxyl groups is 2. The monoisotopic (exact) mass is 888 g/mol. The zero-order valence-electron chi connectivity index (χ0n) is 42.5. The van der Waals surface area contributed by atoms with Crippen LogP contribution in [0.15, 0.2) is 24.3 Å². The van der Waals surface area contributed by atoms with E-state index >= 15 is 0 Å². The van der Waals surface area contributed by atoms with Crippen LogP contribution in [0.5, 0.6) is 0 Å². The van der Waals surface area contributed by atoms with Gasteiger partial charge in [-0.2, -0.15) is 0 Å². The summed E-state index contributed by atoms with van der Waals surface area (Å²) in [7, 11) is 0. The number of rotatable bonds is 51. The molecule has 0 spiro atoms. The lowest BCUT2D eigenvalue weighted by Crippen LogP contribution is -2.46. The van der Waals surface area contributed by atoms with Crippen LogP contribution in [0.25, 0.3) is 0 Å². The van der Waals surface area contributed by atoms with Crippen LogP contribution >= 0.6 is 0 Å². The second-order valence-corrected chi connectivity index (χ2v) is 19.3. The molecule has 0 radical (unpaired) electrons. The van der Waals surface area contributed by atoms with E-state index in [9.17, 15) is 19.8 Å². The Morgan fingerprint density at radius 3 is 1.21 bits per heavy atom. The van der Waals surface area contributed by atoms with Crippen LogP contribution in [-0.2, 0) is 14.3 Å². The first-order chi connectivity index (χ1) is 31.0. The van der Waals surface area contributed by atoms with Gasteiger partial charge in [-0.05, 0) is 44.9 Å². The summed E-state index contributed by atoms with van der Waals surface area (Å²) in [5, 5.41) is 23.9. The number of ether oxygens (including phenoxy) is 1. The molecular weight excluding hydrogens is 779 g/mol. The molecule has 3 N–H and O–H groups in total. The highest BCUT2D eigenvalue weighted by Crippen LogP contribution is 2.18. The molecule has 372 valence electrons. The second-order valence-electron chi connectivity index (χ2n) is 19.3.